The first-order valence-corrected chi connectivity index (χ1v) is 7.00. The zero-order chi connectivity index (χ0) is 12.0. The molecule has 92 valence electrons. The van der Waals surface area contributed by atoms with Gasteiger partial charge in [-0.1, -0.05) is 38.3 Å². The fourth-order valence-electron chi connectivity index (χ4n) is 1.61. The molecule has 0 fully saturated rings. The molecule has 2 nitrogen and oxygen atoms in total. The van der Waals surface area contributed by atoms with Crippen LogP contribution < -0.4 is 5.32 Å². The van der Waals surface area contributed by atoms with E-state index in [0.717, 1.165) is 15.8 Å². The topological polar surface area (TPSA) is 32.3 Å². The zero-order valence-corrected chi connectivity index (χ0v) is 11.4. The van der Waals surface area contributed by atoms with Crippen LogP contribution in [0.3, 0.4) is 0 Å². The highest BCUT2D eigenvalue weighted by molar-refractivity contribution is 7.16. The summed E-state index contributed by atoms with van der Waals surface area (Å²) in [5.41, 5.74) is 0. The lowest BCUT2D eigenvalue weighted by Crippen LogP contribution is -2.26. The van der Waals surface area contributed by atoms with Crippen molar-refractivity contribution in [3.63, 3.8) is 0 Å². The Morgan fingerprint density at radius 2 is 2.00 bits per heavy atom. The molecule has 1 rings (SSSR count). The van der Waals surface area contributed by atoms with Crippen molar-refractivity contribution in [1.29, 1.82) is 0 Å². The van der Waals surface area contributed by atoms with Crippen molar-refractivity contribution in [1.82, 2.24) is 5.32 Å². The average molecular weight is 262 g/mol. The van der Waals surface area contributed by atoms with Crippen LogP contribution in [-0.2, 0) is 0 Å². The number of nitrogens with one attached hydrogen (secondary N) is 1. The molecule has 0 spiro atoms. The Hall–Kier alpha value is -0.0900. The standard InChI is InChI=1S/C12H20ClNOS/c1-3-9(4-2)7-14-8-10(15)11-5-6-12(13)16-11/h5-6,9-10,14-15H,3-4,7-8H2,1-2H3. The Morgan fingerprint density at radius 1 is 1.31 bits per heavy atom. The largest absolute Gasteiger partial charge is 0.386 e. The van der Waals surface area contributed by atoms with Crippen molar-refractivity contribution < 1.29 is 5.11 Å². The fraction of sp³-hybridized carbons (Fsp3) is 0.667. The van der Waals surface area contributed by atoms with Crippen LogP contribution in [0, 0.1) is 5.92 Å². The maximum Gasteiger partial charge on any atom is 0.101 e. The van der Waals surface area contributed by atoms with E-state index in [0.29, 0.717) is 12.5 Å². The summed E-state index contributed by atoms with van der Waals surface area (Å²) < 4.78 is 0.731. The van der Waals surface area contributed by atoms with E-state index in [1.54, 1.807) is 0 Å². The highest BCUT2D eigenvalue weighted by Gasteiger charge is 2.10. The molecule has 0 aliphatic rings. The van der Waals surface area contributed by atoms with Gasteiger partial charge >= 0.3 is 0 Å². The van der Waals surface area contributed by atoms with Crippen molar-refractivity contribution in [3.05, 3.63) is 21.3 Å². The Kier molecular flexibility index (Phi) is 6.36. The summed E-state index contributed by atoms with van der Waals surface area (Å²) in [6, 6.07) is 3.71. The van der Waals surface area contributed by atoms with Crippen LogP contribution in [0.5, 0.6) is 0 Å². The minimum absolute atomic E-state index is 0.438. The van der Waals surface area contributed by atoms with Crippen molar-refractivity contribution in [3.8, 4) is 0 Å². The van der Waals surface area contributed by atoms with E-state index in [9.17, 15) is 5.11 Å². The summed E-state index contributed by atoms with van der Waals surface area (Å²) in [6.07, 6.45) is 1.93. The quantitative estimate of drug-likeness (QED) is 0.788. The van der Waals surface area contributed by atoms with Crippen molar-refractivity contribution in [2.45, 2.75) is 32.8 Å². The first kappa shape index (κ1) is 14.0. The van der Waals surface area contributed by atoms with Crippen LogP contribution >= 0.6 is 22.9 Å². The Morgan fingerprint density at radius 3 is 2.50 bits per heavy atom. The molecule has 1 unspecified atom stereocenters. The number of aliphatic hydroxyl groups excluding tert-OH is 1. The molecule has 0 amide bonds. The molecule has 0 aliphatic carbocycles. The van der Waals surface area contributed by atoms with Gasteiger partial charge in [0.1, 0.15) is 6.10 Å². The molecule has 1 aromatic rings. The maximum absolute atomic E-state index is 9.88. The summed E-state index contributed by atoms with van der Waals surface area (Å²) in [7, 11) is 0. The van der Waals surface area contributed by atoms with Crippen LogP contribution in [0.1, 0.15) is 37.7 Å². The summed E-state index contributed by atoms with van der Waals surface area (Å²) in [5, 5.41) is 13.2. The first-order chi connectivity index (χ1) is 7.67. The molecular weight excluding hydrogens is 242 g/mol. The highest BCUT2D eigenvalue weighted by atomic mass is 35.5. The molecule has 4 heteroatoms. The van der Waals surface area contributed by atoms with E-state index in [2.05, 4.69) is 19.2 Å². The van der Waals surface area contributed by atoms with E-state index in [1.807, 2.05) is 12.1 Å². The van der Waals surface area contributed by atoms with Crippen molar-refractivity contribution in [2.24, 2.45) is 5.92 Å². The molecule has 1 aromatic heterocycles. The Labute approximate surface area is 107 Å². The molecule has 0 aliphatic heterocycles. The molecule has 0 aromatic carbocycles. The van der Waals surface area contributed by atoms with E-state index < -0.39 is 6.10 Å². The molecule has 2 N–H and O–H groups in total. The highest BCUT2D eigenvalue weighted by Crippen LogP contribution is 2.26. The Bertz CT molecular complexity index is 299. The van der Waals surface area contributed by atoms with Gasteiger partial charge in [0.25, 0.3) is 0 Å². The van der Waals surface area contributed by atoms with Gasteiger partial charge in [0.15, 0.2) is 0 Å². The van der Waals surface area contributed by atoms with Crippen LogP contribution in [0.25, 0.3) is 0 Å². The molecule has 1 heterocycles. The van der Waals surface area contributed by atoms with Gasteiger partial charge in [0.05, 0.1) is 4.34 Å². The number of rotatable bonds is 7. The van der Waals surface area contributed by atoms with Gasteiger partial charge in [-0.2, -0.15) is 0 Å². The normalized spacial score (nSPS) is 13.3. The van der Waals surface area contributed by atoms with Gasteiger partial charge in [-0.15, -0.1) is 11.3 Å². The van der Waals surface area contributed by atoms with Gasteiger partial charge in [-0.25, -0.2) is 0 Å². The van der Waals surface area contributed by atoms with Gasteiger partial charge in [-0.05, 0) is 24.6 Å². The molecule has 0 saturated carbocycles. The van der Waals surface area contributed by atoms with E-state index >= 15 is 0 Å². The third-order valence-electron chi connectivity index (χ3n) is 2.85. The second kappa shape index (κ2) is 7.28. The van der Waals surface area contributed by atoms with Crippen LogP contribution in [0.4, 0.5) is 0 Å². The lowest BCUT2D eigenvalue weighted by Gasteiger charge is -2.15. The summed E-state index contributed by atoms with van der Waals surface area (Å²) in [6.45, 7) is 5.98. The SMILES string of the molecule is CCC(CC)CNCC(O)c1ccc(Cl)s1. The van der Waals surface area contributed by atoms with Gasteiger partial charge in [-0.3, -0.25) is 0 Å². The van der Waals surface area contributed by atoms with Gasteiger partial charge < -0.3 is 10.4 Å². The number of hydrogen-bond acceptors (Lipinski definition) is 3. The maximum atomic E-state index is 9.88. The molecule has 16 heavy (non-hydrogen) atoms. The van der Waals surface area contributed by atoms with E-state index in [1.165, 1.54) is 24.2 Å². The lowest BCUT2D eigenvalue weighted by atomic mass is 10.0. The van der Waals surface area contributed by atoms with Gasteiger partial charge in [0.2, 0.25) is 0 Å². The molecule has 0 radical (unpaired) electrons. The van der Waals surface area contributed by atoms with Crippen LogP contribution in [0.15, 0.2) is 12.1 Å². The average Bonchev–Trinajstić information content (AvgIpc) is 2.71. The van der Waals surface area contributed by atoms with Crippen molar-refractivity contribution >= 4 is 22.9 Å². The summed E-state index contributed by atoms with van der Waals surface area (Å²) in [4.78, 5) is 0.932. The zero-order valence-electron chi connectivity index (χ0n) is 9.87. The molecule has 0 saturated heterocycles. The van der Waals surface area contributed by atoms with Crippen molar-refractivity contribution in [2.75, 3.05) is 13.1 Å². The minimum Gasteiger partial charge on any atom is -0.386 e. The van der Waals surface area contributed by atoms with Gasteiger partial charge in [0, 0.05) is 11.4 Å². The van der Waals surface area contributed by atoms with E-state index in [-0.39, 0.29) is 0 Å². The fourth-order valence-corrected chi connectivity index (χ4v) is 2.66. The number of hydrogen-bond donors (Lipinski definition) is 2. The third-order valence-corrected chi connectivity index (χ3v) is 4.18. The molecule has 1 atom stereocenters. The number of halogens is 1. The lowest BCUT2D eigenvalue weighted by molar-refractivity contribution is 0.176. The second-order valence-corrected chi connectivity index (χ2v) is 5.75. The Balaban J connectivity index is 2.27. The monoisotopic (exact) mass is 261 g/mol. The predicted octanol–water partition coefficient (Wildman–Crippen LogP) is 3.46. The molecular formula is C12H20ClNOS. The van der Waals surface area contributed by atoms with Crippen LogP contribution in [-0.4, -0.2) is 18.2 Å². The second-order valence-electron chi connectivity index (χ2n) is 4.00. The smallest absolute Gasteiger partial charge is 0.101 e. The summed E-state index contributed by atoms with van der Waals surface area (Å²) in [5.74, 6) is 0.708. The van der Waals surface area contributed by atoms with Crippen LogP contribution in [0.2, 0.25) is 4.34 Å². The first-order valence-electron chi connectivity index (χ1n) is 5.81. The number of aliphatic hydroxyl groups is 1. The minimum atomic E-state index is -0.438. The third kappa shape index (κ3) is 4.42. The van der Waals surface area contributed by atoms with E-state index in [4.69, 9.17) is 11.6 Å². The predicted molar refractivity (Wildman–Crippen MR) is 71.2 cm³/mol. The molecule has 0 bridgehead atoms. The number of thiophene rings is 1. The summed E-state index contributed by atoms with van der Waals surface area (Å²) >= 11 is 7.26.